The van der Waals surface area contributed by atoms with E-state index in [1.807, 2.05) is 6.07 Å². The van der Waals surface area contributed by atoms with Gasteiger partial charge >= 0.3 is 0 Å². The molecule has 2 aromatic rings. The maximum absolute atomic E-state index is 12.7. The van der Waals surface area contributed by atoms with Gasteiger partial charge in [-0.3, -0.25) is 4.98 Å². The van der Waals surface area contributed by atoms with Crippen molar-refractivity contribution in [3.63, 3.8) is 0 Å². The van der Waals surface area contributed by atoms with Gasteiger partial charge in [0.2, 0.25) is 0 Å². The normalized spacial score (nSPS) is 11.4. The number of aryl methyl sites for hydroxylation is 1. The van der Waals surface area contributed by atoms with E-state index >= 15 is 0 Å². The van der Waals surface area contributed by atoms with E-state index < -0.39 is 15.7 Å². The third-order valence-corrected chi connectivity index (χ3v) is 4.29. The van der Waals surface area contributed by atoms with E-state index in [0.717, 1.165) is 17.7 Å². The lowest BCUT2D eigenvalue weighted by Crippen LogP contribution is -2.09. The highest BCUT2D eigenvalue weighted by atomic mass is 32.2. The van der Waals surface area contributed by atoms with Gasteiger partial charge in [-0.1, -0.05) is 6.07 Å². The Morgan fingerprint density at radius 3 is 2.44 bits per heavy atom. The van der Waals surface area contributed by atoms with Crippen molar-refractivity contribution in [3.8, 4) is 0 Å². The third kappa shape index (κ3) is 3.13. The summed E-state index contributed by atoms with van der Waals surface area (Å²) in [6.07, 6.45) is 3.67. The number of hydrogen-bond acceptors (Lipinski definition) is 3. The Kier molecular flexibility index (Phi) is 3.72. The van der Waals surface area contributed by atoms with Crippen LogP contribution in [0.1, 0.15) is 5.56 Å². The van der Waals surface area contributed by atoms with E-state index in [-0.39, 0.29) is 10.6 Å². The highest BCUT2D eigenvalue weighted by Crippen LogP contribution is 2.13. The van der Waals surface area contributed by atoms with Gasteiger partial charge in [-0.2, -0.15) is 0 Å². The molecule has 0 aliphatic carbocycles. The predicted molar refractivity (Wildman–Crippen MR) is 66.4 cm³/mol. The number of nitrogens with zero attached hydrogens (tertiary/aromatic N) is 1. The van der Waals surface area contributed by atoms with Gasteiger partial charge in [-0.25, -0.2) is 12.8 Å². The maximum atomic E-state index is 12.7. The van der Waals surface area contributed by atoms with Crippen molar-refractivity contribution in [1.82, 2.24) is 4.98 Å². The second-order valence-corrected chi connectivity index (χ2v) is 5.99. The van der Waals surface area contributed by atoms with E-state index in [0.29, 0.717) is 6.42 Å². The summed E-state index contributed by atoms with van der Waals surface area (Å²) in [5.74, 6) is -0.453. The summed E-state index contributed by atoms with van der Waals surface area (Å²) in [4.78, 5) is 4.07. The molecule has 0 N–H and O–H groups in total. The van der Waals surface area contributed by atoms with Crippen molar-refractivity contribution in [2.45, 2.75) is 11.3 Å². The minimum Gasteiger partial charge on any atom is -0.264 e. The molecule has 0 unspecified atom stereocenters. The van der Waals surface area contributed by atoms with Crippen molar-refractivity contribution < 1.29 is 12.8 Å². The molecule has 2 rings (SSSR count). The summed E-state index contributed by atoms with van der Waals surface area (Å²) in [5, 5.41) is 0. The quantitative estimate of drug-likeness (QED) is 0.796. The van der Waals surface area contributed by atoms with Crippen LogP contribution in [0.25, 0.3) is 0 Å². The fraction of sp³-hybridized carbons (Fsp3) is 0.154. The van der Waals surface area contributed by atoms with Crippen LogP contribution in [0.2, 0.25) is 0 Å². The lowest BCUT2D eigenvalue weighted by atomic mass is 10.2. The molecule has 0 saturated heterocycles. The molecule has 0 bridgehead atoms. The van der Waals surface area contributed by atoms with Crippen LogP contribution in [0.5, 0.6) is 0 Å². The molecule has 1 heterocycles. The number of aromatic nitrogens is 1. The fourth-order valence-corrected chi connectivity index (χ4v) is 2.85. The Hall–Kier alpha value is -1.75. The highest BCUT2D eigenvalue weighted by Gasteiger charge is 2.14. The number of benzene rings is 1. The van der Waals surface area contributed by atoms with Gasteiger partial charge in [0.05, 0.1) is 10.6 Å². The van der Waals surface area contributed by atoms with Gasteiger partial charge in [0, 0.05) is 12.4 Å². The van der Waals surface area contributed by atoms with Crippen molar-refractivity contribution >= 4 is 9.84 Å². The average molecular weight is 265 g/mol. The van der Waals surface area contributed by atoms with Gasteiger partial charge in [-0.05, 0) is 42.3 Å². The van der Waals surface area contributed by atoms with Gasteiger partial charge in [0.25, 0.3) is 0 Å². The molecule has 94 valence electrons. The lowest BCUT2D eigenvalue weighted by molar-refractivity contribution is 0.594. The second-order valence-electron chi connectivity index (χ2n) is 3.88. The van der Waals surface area contributed by atoms with E-state index in [4.69, 9.17) is 0 Å². The van der Waals surface area contributed by atoms with Gasteiger partial charge < -0.3 is 0 Å². The molecule has 1 aromatic heterocycles. The molecule has 0 atom stereocenters. The first-order chi connectivity index (χ1) is 8.58. The summed E-state index contributed by atoms with van der Waals surface area (Å²) >= 11 is 0. The van der Waals surface area contributed by atoms with Crippen molar-refractivity contribution in [1.29, 1.82) is 0 Å². The van der Waals surface area contributed by atoms with Crippen LogP contribution in [0.3, 0.4) is 0 Å². The Bertz CT molecular complexity index is 609. The molecule has 1 aromatic carbocycles. The zero-order chi connectivity index (χ0) is 13.0. The fourth-order valence-electron chi connectivity index (χ4n) is 1.56. The first-order valence-electron chi connectivity index (χ1n) is 5.45. The number of hydrogen-bond donors (Lipinski definition) is 0. The number of sulfone groups is 1. The zero-order valence-electron chi connectivity index (χ0n) is 9.58. The molecule has 0 radical (unpaired) electrons. The molecule has 0 saturated carbocycles. The SMILES string of the molecule is O=S(=O)(CCc1cccnc1)c1ccc(F)cc1. The van der Waals surface area contributed by atoms with Crippen LogP contribution < -0.4 is 0 Å². The van der Waals surface area contributed by atoms with Crippen molar-refractivity contribution in [2.75, 3.05) is 5.75 Å². The van der Waals surface area contributed by atoms with Crippen molar-refractivity contribution in [3.05, 3.63) is 60.2 Å². The first-order valence-corrected chi connectivity index (χ1v) is 7.10. The Morgan fingerprint density at radius 1 is 1.11 bits per heavy atom. The van der Waals surface area contributed by atoms with Crippen LogP contribution in [-0.4, -0.2) is 19.2 Å². The summed E-state index contributed by atoms with van der Waals surface area (Å²) < 4.78 is 36.7. The Morgan fingerprint density at radius 2 is 1.83 bits per heavy atom. The van der Waals surface area contributed by atoms with E-state index in [9.17, 15) is 12.8 Å². The minimum atomic E-state index is -3.37. The monoisotopic (exact) mass is 265 g/mol. The van der Waals surface area contributed by atoms with Crippen LogP contribution in [-0.2, 0) is 16.3 Å². The van der Waals surface area contributed by atoms with E-state index in [1.165, 1.54) is 12.1 Å². The molecule has 0 aliphatic rings. The molecular weight excluding hydrogens is 253 g/mol. The van der Waals surface area contributed by atoms with Gasteiger partial charge in [0.1, 0.15) is 5.82 Å². The number of pyridine rings is 1. The standard InChI is InChI=1S/C13H12FNO2S/c14-12-3-5-13(6-4-12)18(16,17)9-7-11-2-1-8-15-10-11/h1-6,8,10H,7,9H2. The van der Waals surface area contributed by atoms with E-state index in [1.54, 1.807) is 18.5 Å². The minimum absolute atomic E-state index is 0.00960. The Balaban J connectivity index is 2.11. The zero-order valence-corrected chi connectivity index (χ0v) is 10.4. The Labute approximate surface area is 105 Å². The molecule has 0 amide bonds. The smallest absolute Gasteiger partial charge is 0.178 e. The van der Waals surface area contributed by atoms with E-state index in [2.05, 4.69) is 4.98 Å². The lowest BCUT2D eigenvalue weighted by Gasteiger charge is -2.04. The molecular formula is C13H12FNO2S. The third-order valence-electron chi connectivity index (χ3n) is 2.56. The predicted octanol–water partition coefficient (Wildman–Crippen LogP) is 2.24. The molecule has 18 heavy (non-hydrogen) atoms. The topological polar surface area (TPSA) is 47.0 Å². The van der Waals surface area contributed by atoms with Gasteiger partial charge in [0.15, 0.2) is 9.84 Å². The van der Waals surface area contributed by atoms with Gasteiger partial charge in [-0.15, -0.1) is 0 Å². The average Bonchev–Trinajstić information content (AvgIpc) is 2.38. The summed E-state index contributed by atoms with van der Waals surface area (Å²) in [5.41, 5.74) is 0.864. The highest BCUT2D eigenvalue weighted by molar-refractivity contribution is 7.91. The molecule has 5 heteroatoms. The van der Waals surface area contributed by atoms with Crippen LogP contribution in [0, 0.1) is 5.82 Å². The van der Waals surface area contributed by atoms with Crippen LogP contribution >= 0.6 is 0 Å². The summed E-state index contributed by atoms with van der Waals surface area (Å²) in [6, 6.07) is 8.46. The molecule has 0 aliphatic heterocycles. The largest absolute Gasteiger partial charge is 0.264 e. The number of halogens is 1. The molecule has 3 nitrogen and oxygen atoms in total. The second kappa shape index (κ2) is 5.27. The first kappa shape index (κ1) is 12.7. The number of rotatable bonds is 4. The molecule has 0 spiro atoms. The summed E-state index contributed by atoms with van der Waals surface area (Å²) in [7, 11) is -3.37. The van der Waals surface area contributed by atoms with Crippen LogP contribution in [0.4, 0.5) is 4.39 Å². The van der Waals surface area contributed by atoms with Crippen LogP contribution in [0.15, 0.2) is 53.7 Å². The van der Waals surface area contributed by atoms with Crippen molar-refractivity contribution in [2.24, 2.45) is 0 Å². The maximum Gasteiger partial charge on any atom is 0.178 e. The molecule has 0 fully saturated rings. The summed E-state index contributed by atoms with van der Waals surface area (Å²) in [6.45, 7) is 0.